The molecule has 0 saturated carbocycles. The van der Waals surface area contributed by atoms with Gasteiger partial charge in [-0.2, -0.15) is 0 Å². The second kappa shape index (κ2) is 4.28. The lowest BCUT2D eigenvalue weighted by Crippen LogP contribution is -2.51. The molecule has 1 atom stereocenters. The summed E-state index contributed by atoms with van der Waals surface area (Å²) in [6.45, 7) is 5.57. The third-order valence-corrected chi connectivity index (χ3v) is 2.80. The van der Waals surface area contributed by atoms with Crippen molar-refractivity contribution in [3.63, 3.8) is 0 Å². The highest BCUT2D eigenvalue weighted by Crippen LogP contribution is 2.25. The van der Waals surface area contributed by atoms with Crippen molar-refractivity contribution < 1.29 is 15.0 Å². The number of carboxylic acid groups (broad SMARTS) is 1. The van der Waals surface area contributed by atoms with E-state index in [-0.39, 0.29) is 6.42 Å². The zero-order chi connectivity index (χ0) is 10.8. The van der Waals surface area contributed by atoms with E-state index >= 15 is 0 Å². The van der Waals surface area contributed by atoms with Crippen LogP contribution in [0.5, 0.6) is 0 Å². The molecule has 0 bridgehead atoms. The SMILES string of the molecule is CC(C)N1CCCC(O)(CC(=O)O)C1. The van der Waals surface area contributed by atoms with Crippen LogP contribution in [0.25, 0.3) is 0 Å². The van der Waals surface area contributed by atoms with Crippen LogP contribution in [-0.2, 0) is 4.79 Å². The molecule has 0 amide bonds. The molecular formula is C10H19NO3. The van der Waals surface area contributed by atoms with Crippen molar-refractivity contribution in [3.05, 3.63) is 0 Å². The van der Waals surface area contributed by atoms with E-state index < -0.39 is 11.6 Å². The first kappa shape index (κ1) is 11.5. The molecule has 1 aliphatic heterocycles. The van der Waals surface area contributed by atoms with Gasteiger partial charge in [0.05, 0.1) is 12.0 Å². The molecule has 0 spiro atoms. The van der Waals surface area contributed by atoms with E-state index in [1.54, 1.807) is 0 Å². The van der Waals surface area contributed by atoms with Crippen LogP contribution in [0.15, 0.2) is 0 Å². The number of nitrogens with zero attached hydrogens (tertiary/aromatic N) is 1. The molecule has 82 valence electrons. The molecule has 0 aromatic rings. The highest BCUT2D eigenvalue weighted by Gasteiger charge is 2.35. The molecule has 1 rings (SSSR count). The average Bonchev–Trinajstić information content (AvgIpc) is 2.01. The Morgan fingerprint density at radius 1 is 1.57 bits per heavy atom. The number of β-amino-alcohol motifs (C(OH)–C–C–N with tert-alkyl or cyclic N) is 1. The molecule has 4 nitrogen and oxygen atoms in total. The maximum absolute atomic E-state index is 10.6. The van der Waals surface area contributed by atoms with Gasteiger partial charge in [0.15, 0.2) is 0 Å². The number of carbonyl (C=O) groups is 1. The van der Waals surface area contributed by atoms with Crippen molar-refractivity contribution in [2.24, 2.45) is 0 Å². The summed E-state index contributed by atoms with van der Waals surface area (Å²) < 4.78 is 0. The number of piperidine rings is 1. The Morgan fingerprint density at radius 3 is 2.71 bits per heavy atom. The standard InChI is InChI=1S/C10H19NO3/c1-8(2)11-5-3-4-10(14,7-11)6-9(12)13/h8,14H,3-7H2,1-2H3,(H,12,13). The van der Waals surface area contributed by atoms with Crippen LogP contribution < -0.4 is 0 Å². The predicted molar refractivity (Wildman–Crippen MR) is 53.1 cm³/mol. The quantitative estimate of drug-likeness (QED) is 0.705. The summed E-state index contributed by atoms with van der Waals surface area (Å²) in [5, 5.41) is 18.7. The second-order valence-corrected chi connectivity index (χ2v) is 4.46. The summed E-state index contributed by atoms with van der Waals surface area (Å²) in [5.74, 6) is -0.918. The lowest BCUT2D eigenvalue weighted by atomic mass is 9.89. The van der Waals surface area contributed by atoms with Gasteiger partial charge < -0.3 is 10.2 Å². The van der Waals surface area contributed by atoms with Gasteiger partial charge in [-0.05, 0) is 33.2 Å². The number of hydrogen-bond acceptors (Lipinski definition) is 3. The first-order valence-corrected chi connectivity index (χ1v) is 5.11. The minimum Gasteiger partial charge on any atom is -0.481 e. The number of hydrogen-bond donors (Lipinski definition) is 2. The van der Waals surface area contributed by atoms with Crippen molar-refractivity contribution in [2.45, 2.75) is 44.8 Å². The van der Waals surface area contributed by atoms with E-state index in [4.69, 9.17) is 5.11 Å². The molecule has 4 heteroatoms. The molecule has 0 aromatic carbocycles. The summed E-state index contributed by atoms with van der Waals surface area (Å²) in [4.78, 5) is 12.7. The van der Waals surface area contributed by atoms with E-state index in [9.17, 15) is 9.90 Å². The van der Waals surface area contributed by atoms with Gasteiger partial charge in [-0.25, -0.2) is 0 Å². The molecule has 1 saturated heterocycles. The Hall–Kier alpha value is -0.610. The Kier molecular flexibility index (Phi) is 3.50. The van der Waals surface area contributed by atoms with Crippen molar-refractivity contribution >= 4 is 5.97 Å². The van der Waals surface area contributed by atoms with Gasteiger partial charge in [0.1, 0.15) is 0 Å². The molecule has 1 fully saturated rings. The maximum Gasteiger partial charge on any atom is 0.306 e. The van der Waals surface area contributed by atoms with Gasteiger partial charge in [-0.3, -0.25) is 9.69 Å². The summed E-state index contributed by atoms with van der Waals surface area (Å²) in [5.41, 5.74) is -1.02. The minimum absolute atomic E-state index is 0.143. The zero-order valence-electron chi connectivity index (χ0n) is 8.86. The normalized spacial score (nSPS) is 29.4. The highest BCUT2D eigenvalue weighted by molar-refractivity contribution is 5.68. The number of rotatable bonds is 3. The summed E-state index contributed by atoms with van der Waals surface area (Å²) in [7, 11) is 0. The Balaban J connectivity index is 2.57. The van der Waals surface area contributed by atoms with Gasteiger partial charge in [-0.1, -0.05) is 0 Å². The van der Waals surface area contributed by atoms with Crippen LogP contribution in [0, 0.1) is 0 Å². The fourth-order valence-corrected chi connectivity index (χ4v) is 2.01. The average molecular weight is 201 g/mol. The van der Waals surface area contributed by atoms with Gasteiger partial charge >= 0.3 is 5.97 Å². The second-order valence-electron chi connectivity index (χ2n) is 4.46. The smallest absolute Gasteiger partial charge is 0.306 e. The fraction of sp³-hybridized carbons (Fsp3) is 0.900. The van der Waals surface area contributed by atoms with Crippen LogP contribution in [-0.4, -0.2) is 45.8 Å². The van der Waals surface area contributed by atoms with Crippen LogP contribution in [0.3, 0.4) is 0 Å². The minimum atomic E-state index is -1.02. The van der Waals surface area contributed by atoms with Gasteiger partial charge in [-0.15, -0.1) is 0 Å². The maximum atomic E-state index is 10.6. The monoisotopic (exact) mass is 201 g/mol. The number of carboxylic acids is 1. The van der Waals surface area contributed by atoms with Crippen molar-refractivity contribution in [2.75, 3.05) is 13.1 Å². The highest BCUT2D eigenvalue weighted by atomic mass is 16.4. The molecular weight excluding hydrogens is 182 g/mol. The Bertz CT molecular complexity index is 217. The first-order chi connectivity index (χ1) is 6.43. The van der Waals surface area contributed by atoms with Crippen LogP contribution >= 0.6 is 0 Å². The molecule has 2 N–H and O–H groups in total. The van der Waals surface area contributed by atoms with Crippen molar-refractivity contribution in [1.29, 1.82) is 0 Å². The predicted octanol–water partition coefficient (Wildman–Crippen LogP) is 0.696. The van der Waals surface area contributed by atoms with Crippen LogP contribution in [0.1, 0.15) is 33.1 Å². The number of likely N-dealkylation sites (tertiary alicyclic amines) is 1. The molecule has 1 aliphatic rings. The van der Waals surface area contributed by atoms with Gasteiger partial charge in [0.2, 0.25) is 0 Å². The lowest BCUT2D eigenvalue weighted by molar-refractivity contribution is -0.145. The lowest BCUT2D eigenvalue weighted by Gasteiger charge is -2.40. The Labute approximate surface area is 84.5 Å². The van der Waals surface area contributed by atoms with Gasteiger partial charge in [0, 0.05) is 12.6 Å². The molecule has 0 aliphatic carbocycles. The molecule has 14 heavy (non-hydrogen) atoms. The molecule has 0 aromatic heterocycles. The molecule has 1 unspecified atom stereocenters. The molecule has 0 radical (unpaired) electrons. The fourth-order valence-electron chi connectivity index (χ4n) is 2.01. The first-order valence-electron chi connectivity index (χ1n) is 5.11. The van der Waals surface area contributed by atoms with E-state index in [1.807, 2.05) is 0 Å². The summed E-state index contributed by atoms with van der Waals surface area (Å²) >= 11 is 0. The third kappa shape index (κ3) is 2.96. The van der Waals surface area contributed by atoms with E-state index in [2.05, 4.69) is 18.7 Å². The Morgan fingerprint density at radius 2 is 2.21 bits per heavy atom. The zero-order valence-corrected chi connectivity index (χ0v) is 8.86. The third-order valence-electron chi connectivity index (χ3n) is 2.80. The van der Waals surface area contributed by atoms with E-state index in [0.29, 0.717) is 19.0 Å². The number of aliphatic carboxylic acids is 1. The largest absolute Gasteiger partial charge is 0.481 e. The molecule has 1 heterocycles. The number of aliphatic hydroxyl groups is 1. The van der Waals surface area contributed by atoms with Gasteiger partial charge in [0.25, 0.3) is 0 Å². The van der Waals surface area contributed by atoms with Crippen molar-refractivity contribution in [3.8, 4) is 0 Å². The van der Waals surface area contributed by atoms with Crippen LogP contribution in [0.4, 0.5) is 0 Å². The topological polar surface area (TPSA) is 60.8 Å². The van der Waals surface area contributed by atoms with Crippen LogP contribution in [0.2, 0.25) is 0 Å². The summed E-state index contributed by atoms with van der Waals surface area (Å²) in [6, 6.07) is 0.371. The summed E-state index contributed by atoms with van der Waals surface area (Å²) in [6.07, 6.45) is 1.33. The van der Waals surface area contributed by atoms with E-state index in [0.717, 1.165) is 13.0 Å². The van der Waals surface area contributed by atoms with Crippen molar-refractivity contribution in [1.82, 2.24) is 4.90 Å². The van der Waals surface area contributed by atoms with E-state index in [1.165, 1.54) is 0 Å².